The Bertz CT molecular complexity index is 1150. The summed E-state index contributed by atoms with van der Waals surface area (Å²) in [6.07, 6.45) is 0. The van der Waals surface area contributed by atoms with Crippen molar-refractivity contribution in [3.8, 4) is 0 Å². The summed E-state index contributed by atoms with van der Waals surface area (Å²) in [5.74, 6) is 0.460. The molecule has 152 valence electrons. The van der Waals surface area contributed by atoms with Gasteiger partial charge in [-0.1, -0.05) is 40.9 Å². The summed E-state index contributed by atoms with van der Waals surface area (Å²) in [5, 5.41) is 4.29. The summed E-state index contributed by atoms with van der Waals surface area (Å²) in [7, 11) is 1.62. The lowest BCUT2D eigenvalue weighted by Gasteiger charge is -2.27. The molecule has 0 saturated heterocycles. The maximum atomic E-state index is 12.9. The number of fused-ring (bicyclic) bond motifs is 1. The molecular weight excluding hydrogens is 435 g/mol. The minimum Gasteiger partial charge on any atom is -0.318 e. The number of benzene rings is 2. The van der Waals surface area contributed by atoms with Gasteiger partial charge in [-0.2, -0.15) is 0 Å². The van der Waals surface area contributed by atoms with E-state index in [-0.39, 0.29) is 10.6 Å². The van der Waals surface area contributed by atoms with E-state index < -0.39 is 12.1 Å². The predicted octanol–water partition coefficient (Wildman–Crippen LogP) is 5.60. The number of aromatic nitrogens is 2. The van der Waals surface area contributed by atoms with Crippen LogP contribution in [-0.4, -0.2) is 27.5 Å². The number of carbonyl (C=O) groups is 1. The van der Waals surface area contributed by atoms with Gasteiger partial charge in [-0.25, -0.2) is 9.78 Å². The number of hydrogen-bond donors (Lipinski definition) is 1. The van der Waals surface area contributed by atoms with Crippen molar-refractivity contribution in [3.05, 3.63) is 67.6 Å². The van der Waals surface area contributed by atoms with Crippen LogP contribution in [0.3, 0.4) is 0 Å². The Morgan fingerprint density at radius 1 is 1.24 bits per heavy atom. The lowest BCUT2D eigenvalue weighted by molar-refractivity contribution is 0.204. The van der Waals surface area contributed by atoms with Crippen molar-refractivity contribution in [2.24, 2.45) is 0 Å². The van der Waals surface area contributed by atoms with Crippen molar-refractivity contribution in [1.82, 2.24) is 14.5 Å². The van der Waals surface area contributed by atoms with Gasteiger partial charge in [-0.15, -0.1) is 0 Å². The summed E-state index contributed by atoms with van der Waals surface area (Å²) in [4.78, 5) is 31.7. The van der Waals surface area contributed by atoms with E-state index in [1.807, 2.05) is 6.92 Å². The Morgan fingerprint density at radius 3 is 2.66 bits per heavy atom. The second kappa shape index (κ2) is 8.61. The fourth-order valence-electron chi connectivity index (χ4n) is 2.99. The molecule has 0 bridgehead atoms. The van der Waals surface area contributed by atoms with E-state index in [9.17, 15) is 9.59 Å². The van der Waals surface area contributed by atoms with Gasteiger partial charge in [-0.3, -0.25) is 9.36 Å². The van der Waals surface area contributed by atoms with Crippen LogP contribution in [0, 0.1) is 0 Å². The van der Waals surface area contributed by atoms with Gasteiger partial charge in [0.25, 0.3) is 5.56 Å². The third kappa shape index (κ3) is 4.20. The number of nitrogens with zero attached hydrogens (tertiary/aromatic N) is 3. The van der Waals surface area contributed by atoms with Crippen LogP contribution < -0.4 is 10.9 Å². The molecule has 29 heavy (non-hydrogen) atoms. The van der Waals surface area contributed by atoms with Crippen molar-refractivity contribution in [2.75, 3.05) is 12.4 Å². The van der Waals surface area contributed by atoms with E-state index >= 15 is 0 Å². The van der Waals surface area contributed by atoms with Gasteiger partial charge in [0.1, 0.15) is 5.82 Å². The highest BCUT2D eigenvalue weighted by Crippen LogP contribution is 2.30. The van der Waals surface area contributed by atoms with Crippen LogP contribution in [0.2, 0.25) is 15.1 Å². The molecule has 9 heteroatoms. The number of anilines is 1. The molecule has 1 unspecified atom stereocenters. The van der Waals surface area contributed by atoms with Crippen molar-refractivity contribution in [3.63, 3.8) is 0 Å². The van der Waals surface area contributed by atoms with Crippen LogP contribution in [0.4, 0.5) is 10.5 Å². The Hall–Kier alpha value is -2.28. The molecule has 6 nitrogen and oxygen atoms in total. The number of urea groups is 1. The topological polar surface area (TPSA) is 67.2 Å². The Balaban J connectivity index is 1.97. The Kier molecular flexibility index (Phi) is 6.36. The maximum absolute atomic E-state index is 12.9. The summed E-state index contributed by atoms with van der Waals surface area (Å²) < 4.78 is 1.55. The van der Waals surface area contributed by atoms with Gasteiger partial charge in [-0.05, 0) is 44.2 Å². The molecule has 1 aromatic heterocycles. The molecule has 0 saturated carbocycles. The monoisotopic (exact) mass is 452 g/mol. The molecular formula is C20H19Cl3N4O2. The van der Waals surface area contributed by atoms with Gasteiger partial charge in [0.2, 0.25) is 0 Å². The minimum atomic E-state index is -0.496. The third-order valence-corrected chi connectivity index (χ3v) is 5.79. The van der Waals surface area contributed by atoms with Gasteiger partial charge in [0.05, 0.1) is 32.7 Å². The van der Waals surface area contributed by atoms with E-state index in [1.165, 1.54) is 4.90 Å². The van der Waals surface area contributed by atoms with Crippen LogP contribution in [0.25, 0.3) is 10.9 Å². The second-order valence-electron chi connectivity index (χ2n) is 6.50. The summed E-state index contributed by atoms with van der Waals surface area (Å²) in [5.41, 5.74) is 0.706. The number of hydrogen-bond acceptors (Lipinski definition) is 3. The molecule has 3 rings (SSSR count). The van der Waals surface area contributed by atoms with E-state index in [0.29, 0.717) is 39.0 Å². The normalized spacial score (nSPS) is 12.1. The van der Waals surface area contributed by atoms with Crippen LogP contribution in [-0.2, 0) is 6.54 Å². The fraction of sp³-hybridized carbons (Fsp3) is 0.250. The largest absolute Gasteiger partial charge is 0.322 e. The predicted molar refractivity (Wildman–Crippen MR) is 118 cm³/mol. The molecule has 0 fully saturated rings. The van der Waals surface area contributed by atoms with Crippen LogP contribution in [0.1, 0.15) is 25.7 Å². The minimum absolute atomic E-state index is 0.178. The highest BCUT2D eigenvalue weighted by Gasteiger charge is 2.23. The van der Waals surface area contributed by atoms with Gasteiger partial charge in [0, 0.05) is 18.6 Å². The highest BCUT2D eigenvalue weighted by atomic mass is 35.5. The molecule has 2 aromatic carbocycles. The average molecular weight is 454 g/mol. The Morgan fingerprint density at radius 2 is 1.97 bits per heavy atom. The molecule has 1 heterocycles. The first-order valence-electron chi connectivity index (χ1n) is 8.92. The second-order valence-corrected chi connectivity index (χ2v) is 7.72. The zero-order chi connectivity index (χ0) is 21.3. The number of carbonyl (C=O) groups excluding carboxylic acids is 1. The molecule has 2 amide bonds. The zero-order valence-electron chi connectivity index (χ0n) is 16.0. The summed E-state index contributed by atoms with van der Waals surface area (Å²) >= 11 is 18.2. The van der Waals surface area contributed by atoms with Crippen LogP contribution >= 0.6 is 34.8 Å². The van der Waals surface area contributed by atoms with E-state index in [0.717, 1.165) is 0 Å². The first-order valence-corrected chi connectivity index (χ1v) is 10.1. The first-order chi connectivity index (χ1) is 13.7. The number of amides is 2. The van der Waals surface area contributed by atoms with Gasteiger partial charge >= 0.3 is 6.03 Å². The number of halogens is 3. The average Bonchev–Trinajstić information content (AvgIpc) is 2.69. The maximum Gasteiger partial charge on any atom is 0.322 e. The number of rotatable bonds is 4. The molecule has 0 aliphatic carbocycles. The SMILES string of the molecule is CCn1c(C(C)N(C)C(=O)Nc2cccc(Cl)c2Cl)nc2cc(Cl)ccc2c1=O. The highest BCUT2D eigenvalue weighted by molar-refractivity contribution is 6.44. The van der Waals surface area contributed by atoms with Crippen LogP contribution in [0.5, 0.6) is 0 Å². The lowest BCUT2D eigenvalue weighted by atomic mass is 10.2. The van der Waals surface area contributed by atoms with Crippen molar-refractivity contribution in [1.29, 1.82) is 0 Å². The molecule has 1 N–H and O–H groups in total. The van der Waals surface area contributed by atoms with Crippen LogP contribution in [0.15, 0.2) is 41.2 Å². The van der Waals surface area contributed by atoms with Gasteiger partial charge in [0.15, 0.2) is 0 Å². The van der Waals surface area contributed by atoms with Crippen molar-refractivity contribution < 1.29 is 4.79 Å². The quantitative estimate of drug-likeness (QED) is 0.559. The third-order valence-electron chi connectivity index (χ3n) is 4.73. The standard InChI is InChI=1S/C20H19Cl3N4O2/c1-4-27-18(24-16-10-12(21)8-9-13(16)19(27)28)11(2)26(3)20(29)25-15-7-5-6-14(22)17(15)23/h5-11H,4H2,1-3H3,(H,25,29). The molecule has 1 atom stereocenters. The van der Waals surface area contributed by atoms with Gasteiger partial charge < -0.3 is 10.2 Å². The first kappa shape index (κ1) is 21.4. The zero-order valence-corrected chi connectivity index (χ0v) is 18.3. The summed E-state index contributed by atoms with van der Waals surface area (Å²) in [6.45, 7) is 4.07. The molecule has 0 spiro atoms. The Labute approximate surface area is 183 Å². The summed E-state index contributed by atoms with van der Waals surface area (Å²) in [6, 6.07) is 9.03. The molecule has 0 aliphatic heterocycles. The van der Waals surface area contributed by atoms with E-state index in [1.54, 1.807) is 54.9 Å². The van der Waals surface area contributed by atoms with E-state index in [2.05, 4.69) is 10.3 Å². The lowest BCUT2D eigenvalue weighted by Crippen LogP contribution is -2.37. The van der Waals surface area contributed by atoms with Crippen molar-refractivity contribution in [2.45, 2.75) is 26.4 Å². The van der Waals surface area contributed by atoms with E-state index in [4.69, 9.17) is 34.8 Å². The molecule has 3 aromatic rings. The molecule has 0 aliphatic rings. The fourth-order valence-corrected chi connectivity index (χ4v) is 3.50. The van der Waals surface area contributed by atoms with Crippen molar-refractivity contribution >= 4 is 57.4 Å². The number of nitrogens with one attached hydrogen (secondary N) is 1. The molecule has 0 radical (unpaired) electrons. The smallest absolute Gasteiger partial charge is 0.318 e.